The van der Waals surface area contributed by atoms with Crippen LogP contribution in [-0.4, -0.2) is 40.1 Å². The fourth-order valence-corrected chi connectivity index (χ4v) is 2.41. The van der Waals surface area contributed by atoms with Gasteiger partial charge in [-0.2, -0.15) is 0 Å². The van der Waals surface area contributed by atoms with E-state index in [1.54, 1.807) is 37.6 Å². The van der Waals surface area contributed by atoms with Gasteiger partial charge in [0.1, 0.15) is 10.8 Å². The average molecular weight is 291 g/mol. The van der Waals surface area contributed by atoms with Gasteiger partial charge in [-0.1, -0.05) is 0 Å². The number of carbonyl (C=O) groups excluding carboxylic acids is 1. The van der Waals surface area contributed by atoms with Gasteiger partial charge in [-0.3, -0.25) is 4.79 Å². The molecule has 0 radical (unpaired) electrons. The quantitative estimate of drug-likeness (QED) is 0.934. The number of nitrogens with one attached hydrogen (secondary N) is 1. The molecule has 0 aliphatic carbocycles. The molecule has 6 nitrogen and oxygen atoms in total. The maximum absolute atomic E-state index is 11.7. The first-order valence-electron chi connectivity index (χ1n) is 6.21. The maximum atomic E-state index is 11.7. The minimum atomic E-state index is -0.160. The second kappa shape index (κ2) is 5.96. The highest BCUT2D eigenvalue weighted by molar-refractivity contribution is 7.09. The summed E-state index contributed by atoms with van der Waals surface area (Å²) in [5, 5.41) is 14.2. The van der Waals surface area contributed by atoms with Crippen molar-refractivity contribution in [3.8, 4) is 0 Å². The number of anilines is 1. The summed E-state index contributed by atoms with van der Waals surface area (Å²) < 4.78 is 0. The number of carbonyl (C=O) groups is 1. The SMILES string of the molecule is Cc1csc(C(C)Nc2ccc(C(=O)N(C)C)nn2)n1. The van der Waals surface area contributed by atoms with E-state index >= 15 is 0 Å². The molecular formula is C13H17N5OS. The Morgan fingerprint density at radius 1 is 1.35 bits per heavy atom. The molecule has 7 heteroatoms. The molecule has 2 aromatic heterocycles. The predicted molar refractivity (Wildman–Crippen MR) is 78.9 cm³/mol. The van der Waals surface area contributed by atoms with Crippen LogP contribution in [0.1, 0.15) is 34.2 Å². The van der Waals surface area contributed by atoms with Gasteiger partial charge >= 0.3 is 0 Å². The normalized spacial score (nSPS) is 12.0. The lowest BCUT2D eigenvalue weighted by Crippen LogP contribution is -2.23. The fourth-order valence-electron chi connectivity index (χ4n) is 1.61. The summed E-state index contributed by atoms with van der Waals surface area (Å²) in [4.78, 5) is 17.6. The molecule has 0 bridgehead atoms. The molecule has 0 fully saturated rings. The van der Waals surface area contributed by atoms with Crippen molar-refractivity contribution in [3.63, 3.8) is 0 Å². The minimum Gasteiger partial charge on any atom is -0.360 e. The van der Waals surface area contributed by atoms with Crippen LogP contribution in [0, 0.1) is 6.92 Å². The largest absolute Gasteiger partial charge is 0.360 e. The summed E-state index contributed by atoms with van der Waals surface area (Å²) in [6, 6.07) is 3.47. The molecule has 0 aromatic carbocycles. The summed E-state index contributed by atoms with van der Waals surface area (Å²) in [6.07, 6.45) is 0. The lowest BCUT2D eigenvalue weighted by atomic mass is 10.3. The molecule has 0 aliphatic rings. The molecule has 2 heterocycles. The number of thiazole rings is 1. The van der Waals surface area contributed by atoms with Crippen LogP contribution < -0.4 is 5.32 Å². The van der Waals surface area contributed by atoms with Crippen molar-refractivity contribution >= 4 is 23.1 Å². The van der Waals surface area contributed by atoms with E-state index in [4.69, 9.17) is 0 Å². The molecule has 106 valence electrons. The minimum absolute atomic E-state index is 0.0541. The van der Waals surface area contributed by atoms with E-state index in [9.17, 15) is 4.79 Å². The van der Waals surface area contributed by atoms with Crippen LogP contribution >= 0.6 is 11.3 Å². The first kappa shape index (κ1) is 14.4. The van der Waals surface area contributed by atoms with Crippen LogP contribution in [0.25, 0.3) is 0 Å². The van der Waals surface area contributed by atoms with Gasteiger partial charge in [0.25, 0.3) is 5.91 Å². The standard InChI is InChI=1S/C13H17N5OS/c1-8-7-20-12(14-8)9(2)15-11-6-5-10(16-17-11)13(19)18(3)4/h5-7,9H,1-4H3,(H,15,17). The van der Waals surface area contributed by atoms with Gasteiger partial charge in [0.2, 0.25) is 0 Å². The van der Waals surface area contributed by atoms with E-state index in [-0.39, 0.29) is 11.9 Å². The first-order valence-corrected chi connectivity index (χ1v) is 7.09. The van der Waals surface area contributed by atoms with Gasteiger partial charge in [-0.05, 0) is 26.0 Å². The number of aromatic nitrogens is 3. The van der Waals surface area contributed by atoms with Crippen LogP contribution in [-0.2, 0) is 0 Å². The van der Waals surface area contributed by atoms with Crippen molar-refractivity contribution in [3.05, 3.63) is 33.9 Å². The van der Waals surface area contributed by atoms with Crippen LogP contribution in [0.2, 0.25) is 0 Å². The molecule has 0 saturated heterocycles. The van der Waals surface area contributed by atoms with Crippen LogP contribution in [0.15, 0.2) is 17.5 Å². The Hall–Kier alpha value is -2.02. The van der Waals surface area contributed by atoms with E-state index in [2.05, 4.69) is 20.5 Å². The monoisotopic (exact) mass is 291 g/mol. The zero-order valence-electron chi connectivity index (χ0n) is 11.9. The van der Waals surface area contributed by atoms with Crippen molar-refractivity contribution < 1.29 is 4.79 Å². The molecule has 1 atom stereocenters. The van der Waals surface area contributed by atoms with Gasteiger partial charge in [-0.25, -0.2) is 4.98 Å². The van der Waals surface area contributed by atoms with Gasteiger partial charge in [0, 0.05) is 25.2 Å². The van der Waals surface area contributed by atoms with E-state index in [0.717, 1.165) is 10.7 Å². The third-order valence-corrected chi connectivity index (χ3v) is 3.81. The summed E-state index contributed by atoms with van der Waals surface area (Å²) in [5.74, 6) is 0.466. The van der Waals surface area contributed by atoms with Gasteiger partial charge in [0.15, 0.2) is 5.69 Å². The van der Waals surface area contributed by atoms with E-state index in [0.29, 0.717) is 11.5 Å². The average Bonchev–Trinajstić information content (AvgIpc) is 2.85. The second-order valence-electron chi connectivity index (χ2n) is 4.70. The Morgan fingerprint density at radius 3 is 2.60 bits per heavy atom. The van der Waals surface area contributed by atoms with E-state index < -0.39 is 0 Å². The van der Waals surface area contributed by atoms with Crippen molar-refractivity contribution in [1.82, 2.24) is 20.1 Å². The van der Waals surface area contributed by atoms with Gasteiger partial charge in [0.05, 0.1) is 6.04 Å². The molecule has 0 spiro atoms. The topological polar surface area (TPSA) is 71.0 Å². The lowest BCUT2D eigenvalue weighted by Gasteiger charge is -2.12. The number of nitrogens with zero attached hydrogens (tertiary/aromatic N) is 4. The Morgan fingerprint density at radius 2 is 2.10 bits per heavy atom. The fraction of sp³-hybridized carbons (Fsp3) is 0.385. The number of amides is 1. The molecule has 2 aromatic rings. The molecular weight excluding hydrogens is 274 g/mol. The maximum Gasteiger partial charge on any atom is 0.273 e. The van der Waals surface area contributed by atoms with Crippen molar-refractivity contribution in [2.45, 2.75) is 19.9 Å². The van der Waals surface area contributed by atoms with Crippen molar-refractivity contribution in [2.75, 3.05) is 19.4 Å². The zero-order valence-corrected chi connectivity index (χ0v) is 12.7. The van der Waals surface area contributed by atoms with E-state index in [1.807, 2.05) is 19.2 Å². The Balaban J connectivity index is 2.05. The summed E-state index contributed by atoms with van der Waals surface area (Å²) in [6.45, 7) is 3.98. The number of hydrogen-bond donors (Lipinski definition) is 1. The van der Waals surface area contributed by atoms with Gasteiger partial charge < -0.3 is 10.2 Å². The highest BCUT2D eigenvalue weighted by Gasteiger charge is 2.12. The smallest absolute Gasteiger partial charge is 0.273 e. The van der Waals surface area contributed by atoms with E-state index in [1.165, 1.54) is 4.90 Å². The Labute approximate surface area is 121 Å². The van der Waals surface area contributed by atoms with Crippen LogP contribution in [0.4, 0.5) is 5.82 Å². The summed E-state index contributed by atoms with van der Waals surface area (Å²) in [5.41, 5.74) is 1.34. The molecule has 2 rings (SSSR count). The third kappa shape index (κ3) is 3.30. The summed E-state index contributed by atoms with van der Waals surface area (Å²) in [7, 11) is 3.37. The van der Waals surface area contributed by atoms with Crippen molar-refractivity contribution in [2.24, 2.45) is 0 Å². The van der Waals surface area contributed by atoms with Crippen LogP contribution in [0.5, 0.6) is 0 Å². The first-order chi connectivity index (χ1) is 9.47. The number of aryl methyl sites for hydroxylation is 1. The highest BCUT2D eigenvalue weighted by Crippen LogP contribution is 2.21. The van der Waals surface area contributed by atoms with Crippen molar-refractivity contribution in [1.29, 1.82) is 0 Å². The highest BCUT2D eigenvalue weighted by atomic mass is 32.1. The molecule has 0 aliphatic heterocycles. The molecule has 1 amide bonds. The molecule has 1 unspecified atom stereocenters. The lowest BCUT2D eigenvalue weighted by molar-refractivity contribution is 0.0821. The molecule has 0 saturated carbocycles. The number of rotatable bonds is 4. The molecule has 20 heavy (non-hydrogen) atoms. The number of hydrogen-bond acceptors (Lipinski definition) is 6. The zero-order chi connectivity index (χ0) is 14.7. The Bertz CT molecular complexity index is 593. The van der Waals surface area contributed by atoms with Gasteiger partial charge in [-0.15, -0.1) is 21.5 Å². The Kier molecular flexibility index (Phi) is 4.29. The predicted octanol–water partition coefficient (Wildman–Crippen LogP) is 2.12. The van der Waals surface area contributed by atoms with Crippen LogP contribution in [0.3, 0.4) is 0 Å². The summed E-state index contributed by atoms with van der Waals surface area (Å²) >= 11 is 1.61. The molecule has 1 N–H and O–H groups in total. The second-order valence-corrected chi connectivity index (χ2v) is 5.59. The third-order valence-electron chi connectivity index (χ3n) is 2.66.